The van der Waals surface area contributed by atoms with Crippen LogP contribution in [0.15, 0.2) is 46.0 Å². The monoisotopic (exact) mass is 535 g/mol. The lowest BCUT2D eigenvalue weighted by Crippen LogP contribution is -2.44. The molecule has 0 radical (unpaired) electrons. The third-order valence-corrected chi connectivity index (χ3v) is 7.34. The molecule has 2 aliphatic rings. The number of aryl methyl sites for hydroxylation is 1. The van der Waals surface area contributed by atoms with Crippen molar-refractivity contribution < 1.29 is 14.3 Å². The fourth-order valence-corrected chi connectivity index (χ4v) is 4.94. The van der Waals surface area contributed by atoms with Gasteiger partial charge in [-0.05, 0) is 62.1 Å². The summed E-state index contributed by atoms with van der Waals surface area (Å²) in [5.74, 6) is -1.13. The number of rotatable bonds is 7. The number of amides is 2. The van der Waals surface area contributed by atoms with Gasteiger partial charge >= 0.3 is 5.69 Å². The normalized spacial score (nSPS) is 18.8. The molecule has 1 saturated carbocycles. The lowest BCUT2D eigenvalue weighted by Gasteiger charge is -2.19. The summed E-state index contributed by atoms with van der Waals surface area (Å²) in [6.45, 7) is 2.93. The first-order chi connectivity index (χ1) is 18.3. The van der Waals surface area contributed by atoms with Crippen LogP contribution in [-0.2, 0) is 22.6 Å². The minimum Gasteiger partial charge on any atom is -0.378 e. The van der Waals surface area contributed by atoms with E-state index in [9.17, 15) is 19.2 Å². The molecule has 2 atom stereocenters. The molecule has 0 unspecified atom stereocenters. The van der Waals surface area contributed by atoms with Crippen molar-refractivity contribution in [3.63, 3.8) is 0 Å². The number of halogens is 1. The summed E-state index contributed by atoms with van der Waals surface area (Å²) in [4.78, 5) is 52.0. The molecular weight excluding hydrogens is 510 g/mol. The molecule has 10 nitrogen and oxygen atoms in total. The van der Waals surface area contributed by atoms with Crippen LogP contribution in [0.5, 0.6) is 0 Å². The number of fused-ring (bicyclic) bond motifs is 1. The van der Waals surface area contributed by atoms with Crippen molar-refractivity contribution in [2.45, 2.75) is 38.9 Å². The highest BCUT2D eigenvalue weighted by molar-refractivity contribution is 6.32. The molecule has 38 heavy (non-hydrogen) atoms. The number of nitriles is 1. The number of nitrogens with zero attached hydrogens (tertiary/aromatic N) is 3. The maximum Gasteiger partial charge on any atom is 0.331 e. The van der Waals surface area contributed by atoms with Crippen LogP contribution in [0.2, 0.25) is 5.02 Å². The Morgan fingerprint density at radius 3 is 2.61 bits per heavy atom. The summed E-state index contributed by atoms with van der Waals surface area (Å²) >= 11 is 6.04. The topological polar surface area (TPSA) is 135 Å². The van der Waals surface area contributed by atoms with Gasteiger partial charge in [-0.25, -0.2) is 4.79 Å². The van der Waals surface area contributed by atoms with Crippen molar-refractivity contribution in [2.24, 2.45) is 11.8 Å². The van der Waals surface area contributed by atoms with Crippen LogP contribution in [0.3, 0.4) is 0 Å². The molecule has 1 saturated heterocycles. The largest absolute Gasteiger partial charge is 0.378 e. The SMILES string of the molecule is CCn1c(=O)n(CC2CC2)c(=O)c2cc(NC(=O)[C@@H]3COC[C@@H]3NC(=O)c3ccc(C#N)c(Cl)c3)ccc21. The van der Waals surface area contributed by atoms with Crippen LogP contribution in [0.1, 0.15) is 35.7 Å². The number of hydrogen-bond acceptors (Lipinski definition) is 6. The smallest absolute Gasteiger partial charge is 0.331 e. The zero-order chi connectivity index (χ0) is 27.0. The molecule has 2 heterocycles. The highest BCUT2D eigenvalue weighted by atomic mass is 35.5. The minimum atomic E-state index is -0.667. The zero-order valence-corrected chi connectivity index (χ0v) is 21.5. The molecule has 0 spiro atoms. The number of ether oxygens (including phenoxy) is 1. The number of carbonyl (C=O) groups excluding carboxylic acids is 2. The fraction of sp³-hybridized carbons (Fsp3) is 0.370. The Hall–Kier alpha value is -3.94. The van der Waals surface area contributed by atoms with Crippen LogP contribution < -0.4 is 21.9 Å². The molecule has 5 rings (SSSR count). The lowest BCUT2D eigenvalue weighted by molar-refractivity contribution is -0.120. The van der Waals surface area contributed by atoms with Crippen molar-refractivity contribution in [1.82, 2.24) is 14.5 Å². The molecule has 0 bridgehead atoms. The van der Waals surface area contributed by atoms with Crippen molar-refractivity contribution in [3.05, 3.63) is 73.4 Å². The number of nitrogens with one attached hydrogen (secondary N) is 2. The van der Waals surface area contributed by atoms with Gasteiger partial charge in [0.15, 0.2) is 0 Å². The van der Waals surface area contributed by atoms with E-state index in [1.807, 2.05) is 13.0 Å². The van der Waals surface area contributed by atoms with Crippen LogP contribution in [0.25, 0.3) is 10.9 Å². The Morgan fingerprint density at radius 1 is 1.13 bits per heavy atom. The van der Waals surface area contributed by atoms with Crippen molar-refractivity contribution >= 4 is 40.0 Å². The van der Waals surface area contributed by atoms with E-state index in [1.165, 1.54) is 22.8 Å². The van der Waals surface area contributed by atoms with E-state index in [2.05, 4.69) is 10.6 Å². The van der Waals surface area contributed by atoms with Crippen molar-refractivity contribution in [2.75, 3.05) is 18.5 Å². The molecule has 1 aliphatic carbocycles. The number of carbonyl (C=O) groups is 2. The van der Waals surface area contributed by atoms with E-state index >= 15 is 0 Å². The highest BCUT2D eigenvalue weighted by Gasteiger charge is 2.35. The van der Waals surface area contributed by atoms with Gasteiger partial charge in [0.2, 0.25) is 5.91 Å². The molecule has 196 valence electrons. The van der Waals surface area contributed by atoms with Gasteiger partial charge in [0.1, 0.15) is 6.07 Å². The lowest BCUT2D eigenvalue weighted by atomic mass is 10.0. The third-order valence-electron chi connectivity index (χ3n) is 7.03. The van der Waals surface area contributed by atoms with E-state index in [4.69, 9.17) is 21.6 Å². The van der Waals surface area contributed by atoms with Gasteiger partial charge in [-0.15, -0.1) is 0 Å². The maximum absolute atomic E-state index is 13.2. The average molecular weight is 536 g/mol. The summed E-state index contributed by atoms with van der Waals surface area (Å²) in [6.07, 6.45) is 2.01. The number of benzene rings is 2. The molecule has 2 N–H and O–H groups in total. The Bertz CT molecular complexity index is 1600. The molecule has 3 aromatic rings. The van der Waals surface area contributed by atoms with E-state index in [0.717, 1.165) is 12.8 Å². The first kappa shape index (κ1) is 25.7. The Balaban J connectivity index is 1.35. The van der Waals surface area contributed by atoms with Gasteiger partial charge < -0.3 is 15.4 Å². The number of aromatic nitrogens is 2. The second-order valence-electron chi connectivity index (χ2n) is 9.64. The van der Waals surface area contributed by atoms with Gasteiger partial charge in [0, 0.05) is 24.3 Å². The summed E-state index contributed by atoms with van der Waals surface area (Å²) in [5.41, 5.74) is 0.763. The van der Waals surface area contributed by atoms with E-state index < -0.39 is 17.9 Å². The summed E-state index contributed by atoms with van der Waals surface area (Å²) < 4.78 is 8.34. The van der Waals surface area contributed by atoms with Gasteiger partial charge in [-0.2, -0.15) is 5.26 Å². The van der Waals surface area contributed by atoms with Gasteiger partial charge in [0.25, 0.3) is 11.5 Å². The predicted molar refractivity (Wildman–Crippen MR) is 141 cm³/mol. The van der Waals surface area contributed by atoms with E-state index in [0.29, 0.717) is 35.6 Å². The van der Waals surface area contributed by atoms with E-state index in [-0.39, 0.29) is 46.5 Å². The van der Waals surface area contributed by atoms with Gasteiger partial charge in [-0.1, -0.05) is 11.6 Å². The molecular formula is C27H26ClN5O5. The number of hydrogen-bond donors (Lipinski definition) is 2. The van der Waals surface area contributed by atoms with Gasteiger partial charge in [-0.3, -0.25) is 23.5 Å². The summed E-state index contributed by atoms with van der Waals surface area (Å²) in [5, 5.41) is 15.2. The van der Waals surface area contributed by atoms with Crippen LogP contribution in [0, 0.1) is 23.2 Å². The Kier molecular flexibility index (Phi) is 7.06. The molecule has 1 aliphatic heterocycles. The van der Waals surface area contributed by atoms with Crippen LogP contribution in [-0.4, -0.2) is 40.2 Å². The van der Waals surface area contributed by atoms with Crippen LogP contribution >= 0.6 is 11.6 Å². The minimum absolute atomic E-state index is 0.113. The quantitative estimate of drug-likeness (QED) is 0.477. The van der Waals surface area contributed by atoms with E-state index in [1.54, 1.807) is 22.8 Å². The first-order valence-electron chi connectivity index (χ1n) is 12.5. The molecule has 2 aromatic carbocycles. The fourth-order valence-electron chi connectivity index (χ4n) is 4.72. The zero-order valence-electron chi connectivity index (χ0n) is 20.7. The van der Waals surface area contributed by atoms with Gasteiger partial charge in [0.05, 0.1) is 46.7 Å². The second kappa shape index (κ2) is 10.4. The third kappa shape index (κ3) is 4.95. The summed E-state index contributed by atoms with van der Waals surface area (Å²) in [7, 11) is 0. The summed E-state index contributed by atoms with van der Waals surface area (Å²) in [6, 6.07) is 10.6. The average Bonchev–Trinajstić information content (AvgIpc) is 3.62. The highest BCUT2D eigenvalue weighted by Crippen LogP contribution is 2.30. The Labute approximate surface area is 222 Å². The second-order valence-corrected chi connectivity index (χ2v) is 10.0. The number of anilines is 1. The first-order valence-corrected chi connectivity index (χ1v) is 12.8. The molecule has 1 aromatic heterocycles. The maximum atomic E-state index is 13.2. The van der Waals surface area contributed by atoms with Crippen LogP contribution in [0.4, 0.5) is 5.69 Å². The molecule has 2 fully saturated rings. The van der Waals surface area contributed by atoms with Crippen molar-refractivity contribution in [1.29, 1.82) is 5.26 Å². The standard InChI is InChI=1S/C27H26ClN5O5/c1-2-32-23-8-7-18(10-19(23)26(36)33(27(32)37)12-15-3-4-15)30-25(35)20-13-38-14-22(20)31-24(34)16-5-6-17(11-29)21(28)9-16/h5-10,15,20,22H,2-4,12-14H2,1H3,(H,30,35)(H,31,34)/t20-,22+/m1/s1. The molecule has 11 heteroatoms. The predicted octanol–water partition coefficient (Wildman–Crippen LogP) is 2.50. The Morgan fingerprint density at radius 2 is 1.92 bits per heavy atom. The van der Waals surface area contributed by atoms with Crippen molar-refractivity contribution in [3.8, 4) is 6.07 Å². The molecule has 2 amide bonds.